The van der Waals surface area contributed by atoms with Gasteiger partial charge < -0.3 is 5.11 Å². The van der Waals surface area contributed by atoms with Gasteiger partial charge in [-0.1, -0.05) is 19.9 Å². The fourth-order valence-electron chi connectivity index (χ4n) is 1.65. The smallest absolute Gasteiger partial charge is 0.132 e. The molecule has 0 aliphatic rings. The minimum Gasteiger partial charge on any atom is -0.506 e. The summed E-state index contributed by atoms with van der Waals surface area (Å²) in [6, 6.07) is 2.02. The third-order valence-corrected chi connectivity index (χ3v) is 3.06. The molecule has 1 rings (SSSR count). The molecule has 0 saturated heterocycles. The van der Waals surface area contributed by atoms with E-state index in [0.29, 0.717) is 11.7 Å². The zero-order valence-electron chi connectivity index (χ0n) is 8.48. The Bertz CT molecular complexity index is 329. The lowest BCUT2D eigenvalue weighted by Gasteiger charge is -2.15. The molecule has 0 aliphatic heterocycles. The minimum atomic E-state index is 0.370. The van der Waals surface area contributed by atoms with Crippen LogP contribution in [0.1, 0.15) is 36.5 Å². The van der Waals surface area contributed by atoms with Crippen LogP contribution in [-0.2, 0) is 0 Å². The Kier molecular flexibility index (Phi) is 3.01. The summed E-state index contributed by atoms with van der Waals surface area (Å²) in [7, 11) is 0. The number of aromatic hydroxyl groups is 1. The van der Waals surface area contributed by atoms with Gasteiger partial charge in [0.25, 0.3) is 0 Å². The van der Waals surface area contributed by atoms with Crippen LogP contribution in [0.4, 0.5) is 0 Å². The van der Waals surface area contributed by atoms with Crippen LogP contribution < -0.4 is 0 Å². The van der Waals surface area contributed by atoms with Gasteiger partial charge >= 0.3 is 0 Å². The monoisotopic (exact) mass is 242 g/mol. The van der Waals surface area contributed by atoms with Crippen molar-refractivity contribution in [2.75, 3.05) is 0 Å². The molecule has 0 aliphatic carbocycles. The Morgan fingerprint density at radius 2 is 1.77 bits per heavy atom. The van der Waals surface area contributed by atoms with Crippen molar-refractivity contribution in [3.63, 3.8) is 0 Å². The summed E-state index contributed by atoms with van der Waals surface area (Å²) in [5, 5.41) is 9.71. The van der Waals surface area contributed by atoms with Crippen molar-refractivity contribution in [2.24, 2.45) is 0 Å². The van der Waals surface area contributed by atoms with Gasteiger partial charge in [0.2, 0.25) is 0 Å². The van der Waals surface area contributed by atoms with Crippen molar-refractivity contribution < 1.29 is 5.11 Å². The summed E-state index contributed by atoms with van der Waals surface area (Å²) in [5.41, 5.74) is 3.36. The summed E-state index contributed by atoms with van der Waals surface area (Å²) >= 11 is 3.43. The number of benzene rings is 1. The van der Waals surface area contributed by atoms with Crippen molar-refractivity contribution in [1.82, 2.24) is 0 Å². The first kappa shape index (κ1) is 10.6. The Morgan fingerprint density at radius 3 is 2.23 bits per heavy atom. The number of aryl methyl sites for hydroxylation is 2. The van der Waals surface area contributed by atoms with Gasteiger partial charge in [0.1, 0.15) is 5.75 Å². The molecule has 0 bridgehead atoms. The van der Waals surface area contributed by atoms with E-state index >= 15 is 0 Å². The van der Waals surface area contributed by atoms with Crippen LogP contribution >= 0.6 is 15.9 Å². The van der Waals surface area contributed by atoms with Crippen molar-refractivity contribution >= 4 is 15.9 Å². The summed E-state index contributed by atoms with van der Waals surface area (Å²) in [6.45, 7) is 8.24. The summed E-state index contributed by atoms with van der Waals surface area (Å²) in [6.07, 6.45) is 0. The highest BCUT2D eigenvalue weighted by atomic mass is 79.9. The number of phenolic OH excluding ortho intramolecular Hbond substituents is 1. The van der Waals surface area contributed by atoms with Crippen molar-refractivity contribution in [3.05, 3.63) is 27.2 Å². The van der Waals surface area contributed by atoms with Crippen LogP contribution in [0.3, 0.4) is 0 Å². The first-order valence-electron chi connectivity index (χ1n) is 4.43. The van der Waals surface area contributed by atoms with Gasteiger partial charge in [-0.15, -0.1) is 0 Å². The highest BCUT2D eigenvalue weighted by Gasteiger charge is 2.13. The molecule has 1 nitrogen and oxygen atoms in total. The predicted octanol–water partition coefficient (Wildman–Crippen LogP) is 3.89. The van der Waals surface area contributed by atoms with E-state index in [2.05, 4.69) is 36.7 Å². The van der Waals surface area contributed by atoms with Gasteiger partial charge in [-0.05, 0) is 52.4 Å². The average molecular weight is 243 g/mol. The number of phenols is 1. The van der Waals surface area contributed by atoms with Crippen LogP contribution in [0, 0.1) is 13.8 Å². The standard InChI is InChI=1S/C11H15BrO/c1-6(2)9-7(3)5-8(4)11(13)10(9)12/h5-6,13H,1-4H3. The second-order valence-corrected chi connectivity index (χ2v) is 4.53. The predicted molar refractivity (Wildman–Crippen MR) is 59.4 cm³/mol. The Labute approximate surface area is 87.9 Å². The Balaban J connectivity index is 3.44. The molecule has 0 atom stereocenters. The molecule has 2 heteroatoms. The molecule has 0 heterocycles. The summed E-state index contributed by atoms with van der Waals surface area (Å²) in [5.74, 6) is 0.801. The SMILES string of the molecule is Cc1cc(C)c(C(C)C)c(Br)c1O. The third-order valence-electron chi connectivity index (χ3n) is 2.25. The molecule has 0 aromatic heterocycles. The number of hydrogen-bond acceptors (Lipinski definition) is 1. The zero-order valence-corrected chi connectivity index (χ0v) is 10.1. The average Bonchev–Trinajstić information content (AvgIpc) is 1.99. The van der Waals surface area contributed by atoms with Crippen LogP contribution in [0.2, 0.25) is 0 Å². The lowest BCUT2D eigenvalue weighted by molar-refractivity contribution is 0.466. The quantitative estimate of drug-likeness (QED) is 0.793. The molecule has 0 fully saturated rings. The Hall–Kier alpha value is -0.500. The molecule has 1 aromatic carbocycles. The van der Waals surface area contributed by atoms with Gasteiger partial charge in [0.15, 0.2) is 0 Å². The van der Waals surface area contributed by atoms with Gasteiger partial charge in [0.05, 0.1) is 4.47 Å². The van der Waals surface area contributed by atoms with E-state index in [-0.39, 0.29) is 0 Å². The molecule has 1 aromatic rings. The maximum atomic E-state index is 9.71. The van der Waals surface area contributed by atoms with Crippen molar-refractivity contribution in [1.29, 1.82) is 0 Å². The molecule has 13 heavy (non-hydrogen) atoms. The molecule has 0 amide bonds. The largest absolute Gasteiger partial charge is 0.506 e. The van der Waals surface area contributed by atoms with E-state index in [1.807, 2.05) is 13.0 Å². The van der Waals surface area contributed by atoms with Crippen LogP contribution in [0.5, 0.6) is 5.75 Å². The number of rotatable bonds is 1. The van der Waals surface area contributed by atoms with E-state index < -0.39 is 0 Å². The molecular weight excluding hydrogens is 228 g/mol. The second kappa shape index (κ2) is 3.70. The van der Waals surface area contributed by atoms with Gasteiger partial charge in [0, 0.05) is 0 Å². The van der Waals surface area contributed by atoms with Gasteiger partial charge in [-0.2, -0.15) is 0 Å². The second-order valence-electron chi connectivity index (χ2n) is 3.74. The fraction of sp³-hybridized carbons (Fsp3) is 0.455. The van der Waals surface area contributed by atoms with E-state index in [9.17, 15) is 5.11 Å². The molecule has 0 saturated carbocycles. The normalized spacial score (nSPS) is 10.9. The lowest BCUT2D eigenvalue weighted by Crippen LogP contribution is -1.95. The molecular formula is C11H15BrO. The number of hydrogen-bond donors (Lipinski definition) is 1. The van der Waals surface area contributed by atoms with E-state index in [1.165, 1.54) is 11.1 Å². The topological polar surface area (TPSA) is 20.2 Å². The van der Waals surface area contributed by atoms with Crippen LogP contribution in [-0.4, -0.2) is 5.11 Å². The number of halogens is 1. The zero-order chi connectivity index (χ0) is 10.2. The van der Waals surface area contributed by atoms with Gasteiger partial charge in [-0.25, -0.2) is 0 Å². The van der Waals surface area contributed by atoms with Crippen LogP contribution in [0.15, 0.2) is 10.5 Å². The highest BCUT2D eigenvalue weighted by Crippen LogP contribution is 2.37. The highest BCUT2D eigenvalue weighted by molar-refractivity contribution is 9.10. The van der Waals surface area contributed by atoms with Crippen LogP contribution in [0.25, 0.3) is 0 Å². The van der Waals surface area contributed by atoms with Crippen molar-refractivity contribution in [2.45, 2.75) is 33.6 Å². The Morgan fingerprint density at radius 1 is 1.23 bits per heavy atom. The summed E-state index contributed by atoms with van der Waals surface area (Å²) in [4.78, 5) is 0. The maximum Gasteiger partial charge on any atom is 0.132 e. The fourth-order valence-corrected chi connectivity index (χ4v) is 2.74. The maximum absolute atomic E-state index is 9.71. The first-order chi connectivity index (χ1) is 5.95. The molecule has 0 spiro atoms. The third kappa shape index (κ3) is 1.88. The first-order valence-corrected chi connectivity index (χ1v) is 5.23. The van der Waals surface area contributed by atoms with E-state index in [4.69, 9.17) is 0 Å². The van der Waals surface area contributed by atoms with Gasteiger partial charge in [-0.3, -0.25) is 0 Å². The minimum absolute atomic E-state index is 0.370. The van der Waals surface area contributed by atoms with E-state index in [1.54, 1.807) is 0 Å². The molecule has 0 unspecified atom stereocenters. The summed E-state index contributed by atoms with van der Waals surface area (Å²) < 4.78 is 0.847. The van der Waals surface area contributed by atoms with Crippen molar-refractivity contribution in [3.8, 4) is 5.75 Å². The molecule has 0 radical (unpaired) electrons. The molecule has 1 N–H and O–H groups in total. The lowest BCUT2D eigenvalue weighted by atomic mass is 9.96. The van der Waals surface area contributed by atoms with E-state index in [0.717, 1.165) is 10.0 Å². The molecule has 72 valence electrons.